The number of amides is 1. The van der Waals surface area contributed by atoms with Crippen LogP contribution in [0, 0.1) is 0 Å². The number of nitrogens with zero attached hydrogens (tertiary/aromatic N) is 2. The van der Waals surface area contributed by atoms with Crippen molar-refractivity contribution in [3.63, 3.8) is 0 Å². The molecule has 0 atom stereocenters. The van der Waals surface area contributed by atoms with Crippen molar-refractivity contribution in [2.75, 3.05) is 0 Å². The molecule has 86 valence electrons. The Morgan fingerprint density at radius 2 is 2.00 bits per heavy atom. The van der Waals surface area contributed by atoms with E-state index < -0.39 is 0 Å². The standard InChI is InChI=1S/C11H14N2.CH3NO/c1-3-11-12-9-7-5-6-8-10(9)13(11)4-2;2-1-3/h5-8H,3-4H2,1-2H3;1H,(H2,2,3). The second-order valence-corrected chi connectivity index (χ2v) is 3.25. The minimum absolute atomic E-state index is 0.250. The van der Waals surface area contributed by atoms with Crippen LogP contribution in [0.3, 0.4) is 0 Å². The molecule has 0 unspecified atom stereocenters. The Morgan fingerprint density at radius 1 is 1.38 bits per heavy atom. The highest BCUT2D eigenvalue weighted by atomic mass is 16.1. The number of para-hydroxylation sites is 2. The smallest absolute Gasteiger partial charge is 0.204 e. The number of hydrogen-bond donors (Lipinski definition) is 1. The molecule has 0 spiro atoms. The van der Waals surface area contributed by atoms with E-state index in [1.54, 1.807) is 0 Å². The molecule has 1 amide bonds. The van der Waals surface area contributed by atoms with Gasteiger partial charge in [-0.2, -0.15) is 0 Å². The Kier molecular flexibility index (Phi) is 4.51. The topological polar surface area (TPSA) is 60.9 Å². The van der Waals surface area contributed by atoms with Crippen molar-refractivity contribution in [2.45, 2.75) is 26.8 Å². The average Bonchev–Trinajstić information content (AvgIpc) is 2.67. The maximum atomic E-state index is 8.58. The molecule has 0 aliphatic carbocycles. The third-order valence-electron chi connectivity index (χ3n) is 2.37. The third kappa shape index (κ3) is 2.39. The van der Waals surface area contributed by atoms with Gasteiger partial charge < -0.3 is 10.3 Å². The highest BCUT2D eigenvalue weighted by Gasteiger charge is 2.05. The first kappa shape index (κ1) is 12.2. The molecule has 2 aromatic rings. The van der Waals surface area contributed by atoms with E-state index in [2.05, 4.69) is 47.3 Å². The third-order valence-corrected chi connectivity index (χ3v) is 2.37. The SMILES string of the molecule is CCc1nc2ccccc2n1CC.NC=O. The lowest BCUT2D eigenvalue weighted by Crippen LogP contribution is -1.99. The summed E-state index contributed by atoms with van der Waals surface area (Å²) in [5, 5.41) is 0. The first-order valence-electron chi connectivity index (χ1n) is 5.37. The highest BCUT2D eigenvalue weighted by Crippen LogP contribution is 2.15. The fourth-order valence-corrected chi connectivity index (χ4v) is 1.75. The van der Waals surface area contributed by atoms with Gasteiger partial charge in [0, 0.05) is 13.0 Å². The molecule has 16 heavy (non-hydrogen) atoms. The Hall–Kier alpha value is -1.84. The van der Waals surface area contributed by atoms with Crippen LogP contribution in [0.15, 0.2) is 24.3 Å². The van der Waals surface area contributed by atoms with E-state index in [0.717, 1.165) is 18.5 Å². The van der Waals surface area contributed by atoms with Crippen LogP contribution in [0.5, 0.6) is 0 Å². The molecule has 2 N–H and O–H groups in total. The molecule has 0 radical (unpaired) electrons. The molecule has 4 heteroatoms. The van der Waals surface area contributed by atoms with E-state index in [1.165, 1.54) is 11.3 Å². The van der Waals surface area contributed by atoms with Crippen molar-refractivity contribution in [2.24, 2.45) is 5.73 Å². The van der Waals surface area contributed by atoms with Gasteiger partial charge in [-0.3, -0.25) is 4.79 Å². The van der Waals surface area contributed by atoms with Crippen LogP contribution in [0.4, 0.5) is 0 Å². The normalized spacial score (nSPS) is 9.62. The number of rotatable bonds is 2. The van der Waals surface area contributed by atoms with Crippen LogP contribution < -0.4 is 5.73 Å². The van der Waals surface area contributed by atoms with Crippen LogP contribution in [-0.2, 0) is 17.8 Å². The van der Waals surface area contributed by atoms with E-state index in [9.17, 15) is 0 Å². The summed E-state index contributed by atoms with van der Waals surface area (Å²) < 4.78 is 2.27. The van der Waals surface area contributed by atoms with E-state index in [0.29, 0.717) is 0 Å². The zero-order valence-corrected chi connectivity index (χ0v) is 9.68. The first-order chi connectivity index (χ1) is 7.78. The minimum Gasteiger partial charge on any atom is -0.372 e. The molecular weight excluding hydrogens is 202 g/mol. The van der Waals surface area contributed by atoms with Gasteiger partial charge in [0.25, 0.3) is 0 Å². The van der Waals surface area contributed by atoms with E-state index in [-0.39, 0.29) is 6.41 Å². The summed E-state index contributed by atoms with van der Waals surface area (Å²) in [7, 11) is 0. The van der Waals surface area contributed by atoms with Gasteiger partial charge in [-0.1, -0.05) is 19.1 Å². The number of benzene rings is 1. The fourth-order valence-electron chi connectivity index (χ4n) is 1.75. The predicted octanol–water partition coefficient (Wildman–Crippen LogP) is 1.72. The van der Waals surface area contributed by atoms with Crippen molar-refractivity contribution in [3.05, 3.63) is 30.1 Å². The highest BCUT2D eigenvalue weighted by molar-refractivity contribution is 5.75. The second-order valence-electron chi connectivity index (χ2n) is 3.25. The summed E-state index contributed by atoms with van der Waals surface area (Å²) >= 11 is 0. The second kappa shape index (κ2) is 5.90. The van der Waals surface area contributed by atoms with Gasteiger partial charge in [-0.25, -0.2) is 4.98 Å². The molecule has 2 rings (SSSR count). The average molecular weight is 219 g/mol. The molecule has 0 fully saturated rings. The number of fused-ring (bicyclic) bond motifs is 1. The van der Waals surface area contributed by atoms with Gasteiger partial charge in [-0.05, 0) is 19.1 Å². The number of aryl methyl sites for hydroxylation is 2. The molecule has 4 nitrogen and oxygen atoms in total. The number of hydrogen-bond acceptors (Lipinski definition) is 2. The summed E-state index contributed by atoms with van der Waals surface area (Å²) in [4.78, 5) is 13.1. The number of aromatic nitrogens is 2. The van der Waals surface area contributed by atoms with Crippen molar-refractivity contribution in [3.8, 4) is 0 Å². The van der Waals surface area contributed by atoms with Crippen LogP contribution in [0.25, 0.3) is 11.0 Å². The predicted molar refractivity (Wildman–Crippen MR) is 65.0 cm³/mol. The number of imidazole rings is 1. The van der Waals surface area contributed by atoms with Gasteiger partial charge in [0.1, 0.15) is 5.82 Å². The minimum atomic E-state index is 0.250. The first-order valence-corrected chi connectivity index (χ1v) is 5.37. The maximum Gasteiger partial charge on any atom is 0.204 e. The molecule has 1 heterocycles. The number of carbonyl (C=O) groups is 1. The summed E-state index contributed by atoms with van der Waals surface area (Å²) in [6.07, 6.45) is 1.25. The fraction of sp³-hybridized carbons (Fsp3) is 0.333. The van der Waals surface area contributed by atoms with Crippen molar-refractivity contribution in [1.82, 2.24) is 9.55 Å². The van der Waals surface area contributed by atoms with Gasteiger partial charge in [-0.15, -0.1) is 0 Å². The number of nitrogens with two attached hydrogens (primary N) is 1. The van der Waals surface area contributed by atoms with Crippen LogP contribution in [0.2, 0.25) is 0 Å². The Morgan fingerprint density at radius 3 is 2.56 bits per heavy atom. The Bertz CT molecular complexity index is 462. The largest absolute Gasteiger partial charge is 0.372 e. The van der Waals surface area contributed by atoms with E-state index in [1.807, 2.05) is 6.07 Å². The number of primary amides is 1. The molecular formula is C12H17N3O. The number of carbonyl (C=O) groups excluding carboxylic acids is 1. The zero-order valence-electron chi connectivity index (χ0n) is 9.68. The van der Waals surface area contributed by atoms with Gasteiger partial charge >= 0.3 is 0 Å². The van der Waals surface area contributed by atoms with Crippen LogP contribution in [0.1, 0.15) is 19.7 Å². The Labute approximate surface area is 95.1 Å². The summed E-state index contributed by atoms with van der Waals surface area (Å²) in [6, 6.07) is 8.30. The van der Waals surface area contributed by atoms with Crippen LogP contribution in [-0.4, -0.2) is 16.0 Å². The molecule has 1 aromatic heterocycles. The van der Waals surface area contributed by atoms with Crippen molar-refractivity contribution >= 4 is 17.4 Å². The lowest BCUT2D eigenvalue weighted by molar-refractivity contribution is -0.106. The van der Waals surface area contributed by atoms with Gasteiger partial charge in [0.15, 0.2) is 0 Å². The molecule has 0 saturated carbocycles. The van der Waals surface area contributed by atoms with Gasteiger partial charge in [0.2, 0.25) is 6.41 Å². The quantitative estimate of drug-likeness (QED) is 0.782. The molecule has 1 aromatic carbocycles. The summed E-state index contributed by atoms with van der Waals surface area (Å²) in [6.45, 7) is 5.31. The van der Waals surface area contributed by atoms with Crippen molar-refractivity contribution in [1.29, 1.82) is 0 Å². The molecule has 0 aliphatic rings. The van der Waals surface area contributed by atoms with E-state index in [4.69, 9.17) is 4.79 Å². The zero-order chi connectivity index (χ0) is 12.0. The molecule has 0 bridgehead atoms. The lowest BCUT2D eigenvalue weighted by Gasteiger charge is -2.02. The molecule has 0 saturated heterocycles. The van der Waals surface area contributed by atoms with Gasteiger partial charge in [0.05, 0.1) is 11.0 Å². The monoisotopic (exact) mass is 219 g/mol. The van der Waals surface area contributed by atoms with E-state index >= 15 is 0 Å². The maximum absolute atomic E-state index is 8.58. The summed E-state index contributed by atoms with van der Waals surface area (Å²) in [5.41, 5.74) is 6.53. The Balaban J connectivity index is 0.000000386. The summed E-state index contributed by atoms with van der Waals surface area (Å²) in [5.74, 6) is 1.18. The van der Waals surface area contributed by atoms with Crippen molar-refractivity contribution < 1.29 is 4.79 Å². The van der Waals surface area contributed by atoms with Crippen LogP contribution >= 0.6 is 0 Å². The molecule has 0 aliphatic heterocycles. The lowest BCUT2D eigenvalue weighted by atomic mass is 10.3.